The summed E-state index contributed by atoms with van der Waals surface area (Å²) in [6, 6.07) is 9.20. The van der Waals surface area contributed by atoms with E-state index in [9.17, 15) is 0 Å². The fourth-order valence-electron chi connectivity index (χ4n) is 4.62. The maximum atomic E-state index is 5.94. The number of hydrogen-bond donors (Lipinski definition) is 0. The van der Waals surface area contributed by atoms with Crippen LogP contribution >= 0.6 is 0 Å². The lowest BCUT2D eigenvalue weighted by atomic mass is 10.0. The second kappa shape index (κ2) is 7.26. The summed E-state index contributed by atoms with van der Waals surface area (Å²) in [6.07, 6.45) is 6.88. The summed E-state index contributed by atoms with van der Waals surface area (Å²) in [5.41, 5.74) is 2.22. The van der Waals surface area contributed by atoms with E-state index in [0.29, 0.717) is 12.1 Å². The van der Waals surface area contributed by atoms with Crippen molar-refractivity contribution < 1.29 is 9.47 Å². The smallest absolute Gasteiger partial charge is 0.144 e. The molecule has 5 rings (SSSR count). The SMILES string of the molecule is COc1ccccc1-n1cc(CN2CCN3[C@@H](COC[C@@H]3C3CC3)C2)cn1. The molecule has 0 unspecified atom stereocenters. The molecule has 0 spiro atoms. The number of nitrogens with zero attached hydrogens (tertiary/aromatic N) is 4. The van der Waals surface area contributed by atoms with Crippen LogP contribution in [0.2, 0.25) is 0 Å². The largest absolute Gasteiger partial charge is 0.494 e. The van der Waals surface area contributed by atoms with Crippen LogP contribution in [-0.2, 0) is 11.3 Å². The number of morpholine rings is 1. The monoisotopic (exact) mass is 368 g/mol. The Morgan fingerprint density at radius 2 is 2.07 bits per heavy atom. The predicted molar refractivity (Wildman–Crippen MR) is 103 cm³/mol. The molecule has 144 valence electrons. The maximum absolute atomic E-state index is 5.94. The summed E-state index contributed by atoms with van der Waals surface area (Å²) < 4.78 is 13.3. The van der Waals surface area contributed by atoms with E-state index in [1.165, 1.54) is 18.4 Å². The van der Waals surface area contributed by atoms with Crippen LogP contribution in [0.4, 0.5) is 0 Å². The van der Waals surface area contributed by atoms with Gasteiger partial charge in [-0.1, -0.05) is 12.1 Å². The van der Waals surface area contributed by atoms with Crippen LogP contribution in [0, 0.1) is 5.92 Å². The molecule has 1 saturated carbocycles. The summed E-state index contributed by atoms with van der Waals surface area (Å²) in [4.78, 5) is 5.28. The predicted octanol–water partition coefficient (Wildman–Crippen LogP) is 2.18. The minimum absolute atomic E-state index is 0.544. The summed E-state index contributed by atoms with van der Waals surface area (Å²) in [7, 11) is 1.70. The van der Waals surface area contributed by atoms with Gasteiger partial charge in [0.25, 0.3) is 0 Å². The Bertz CT molecular complexity index is 788. The minimum Gasteiger partial charge on any atom is -0.494 e. The highest BCUT2D eigenvalue weighted by atomic mass is 16.5. The Kier molecular flexibility index (Phi) is 4.63. The zero-order valence-corrected chi connectivity index (χ0v) is 16.0. The van der Waals surface area contributed by atoms with Gasteiger partial charge in [-0.3, -0.25) is 9.80 Å². The molecule has 2 saturated heterocycles. The molecule has 0 N–H and O–H groups in total. The number of ether oxygens (including phenoxy) is 2. The van der Waals surface area contributed by atoms with E-state index in [1.807, 2.05) is 35.1 Å². The van der Waals surface area contributed by atoms with Crippen molar-refractivity contribution in [1.29, 1.82) is 0 Å². The lowest BCUT2D eigenvalue weighted by molar-refractivity contribution is -0.0880. The molecular weight excluding hydrogens is 340 g/mol. The summed E-state index contributed by atoms with van der Waals surface area (Å²) >= 11 is 0. The molecule has 0 amide bonds. The molecule has 0 bridgehead atoms. The fraction of sp³-hybridized carbons (Fsp3) is 0.571. The zero-order valence-electron chi connectivity index (χ0n) is 16.0. The van der Waals surface area contributed by atoms with Crippen molar-refractivity contribution in [2.24, 2.45) is 5.92 Å². The molecule has 1 aromatic carbocycles. The van der Waals surface area contributed by atoms with Crippen molar-refractivity contribution in [2.45, 2.75) is 31.5 Å². The van der Waals surface area contributed by atoms with E-state index >= 15 is 0 Å². The van der Waals surface area contributed by atoms with Crippen LogP contribution in [0.5, 0.6) is 5.75 Å². The highest BCUT2D eigenvalue weighted by Crippen LogP contribution is 2.38. The number of piperazine rings is 1. The van der Waals surface area contributed by atoms with Crippen LogP contribution in [0.3, 0.4) is 0 Å². The van der Waals surface area contributed by atoms with Gasteiger partial charge in [-0.15, -0.1) is 0 Å². The van der Waals surface area contributed by atoms with Gasteiger partial charge >= 0.3 is 0 Å². The van der Waals surface area contributed by atoms with Gasteiger partial charge in [0.2, 0.25) is 0 Å². The molecule has 6 heteroatoms. The number of aromatic nitrogens is 2. The third kappa shape index (κ3) is 3.49. The Balaban J connectivity index is 1.25. The van der Waals surface area contributed by atoms with Gasteiger partial charge in [0.05, 0.1) is 26.5 Å². The van der Waals surface area contributed by atoms with Crippen molar-refractivity contribution in [3.8, 4) is 11.4 Å². The van der Waals surface area contributed by atoms with E-state index in [1.54, 1.807) is 7.11 Å². The van der Waals surface area contributed by atoms with Gasteiger partial charge in [-0.25, -0.2) is 4.68 Å². The van der Waals surface area contributed by atoms with Crippen molar-refractivity contribution in [2.75, 3.05) is 40.0 Å². The van der Waals surface area contributed by atoms with Crippen LogP contribution in [-0.4, -0.2) is 71.6 Å². The number of para-hydroxylation sites is 2. The maximum Gasteiger partial charge on any atom is 0.144 e. The molecule has 3 aliphatic rings. The molecule has 1 aromatic heterocycles. The number of fused-ring (bicyclic) bond motifs is 1. The summed E-state index contributed by atoms with van der Waals surface area (Å²) in [5.74, 6) is 1.73. The van der Waals surface area contributed by atoms with Crippen molar-refractivity contribution in [3.63, 3.8) is 0 Å². The fourth-order valence-corrected chi connectivity index (χ4v) is 4.62. The highest BCUT2D eigenvalue weighted by molar-refractivity contribution is 5.46. The van der Waals surface area contributed by atoms with Gasteiger partial charge in [-0.05, 0) is 30.9 Å². The Labute approximate surface area is 160 Å². The highest BCUT2D eigenvalue weighted by Gasteiger charge is 2.42. The zero-order chi connectivity index (χ0) is 18.2. The Hall–Kier alpha value is -1.89. The van der Waals surface area contributed by atoms with E-state index in [4.69, 9.17) is 9.47 Å². The molecule has 2 aliphatic heterocycles. The van der Waals surface area contributed by atoms with Crippen molar-refractivity contribution in [1.82, 2.24) is 19.6 Å². The molecule has 27 heavy (non-hydrogen) atoms. The van der Waals surface area contributed by atoms with Gasteiger partial charge in [0, 0.05) is 50.0 Å². The van der Waals surface area contributed by atoms with Crippen LogP contribution in [0.1, 0.15) is 18.4 Å². The summed E-state index contributed by atoms with van der Waals surface area (Å²) in [6.45, 7) is 6.12. The number of rotatable bonds is 5. The molecule has 2 aromatic rings. The van der Waals surface area contributed by atoms with Gasteiger partial charge in [0.1, 0.15) is 11.4 Å². The quantitative estimate of drug-likeness (QED) is 0.809. The first-order chi connectivity index (χ1) is 13.3. The van der Waals surface area contributed by atoms with Crippen LogP contribution in [0.25, 0.3) is 5.69 Å². The lowest BCUT2D eigenvalue weighted by Gasteiger charge is -2.48. The standard InChI is InChI=1S/C21H28N4O2/c1-26-21-5-3-2-4-19(21)25-12-16(10-22-25)11-23-8-9-24-18(13-23)14-27-15-20(24)17-6-7-17/h2-5,10,12,17-18,20H,6-9,11,13-15H2,1H3/t18-,20-/m1/s1. The molecule has 1 aliphatic carbocycles. The molecule has 3 fully saturated rings. The molecular formula is C21H28N4O2. The van der Waals surface area contributed by atoms with Gasteiger partial charge < -0.3 is 9.47 Å². The molecule has 6 nitrogen and oxygen atoms in total. The topological polar surface area (TPSA) is 42.8 Å². The molecule has 0 radical (unpaired) electrons. The van der Waals surface area contributed by atoms with E-state index in [2.05, 4.69) is 21.1 Å². The number of hydrogen-bond acceptors (Lipinski definition) is 5. The van der Waals surface area contributed by atoms with Crippen LogP contribution in [0.15, 0.2) is 36.7 Å². The normalized spacial score (nSPS) is 26.7. The van der Waals surface area contributed by atoms with E-state index in [0.717, 1.165) is 56.7 Å². The minimum atomic E-state index is 0.544. The molecule has 3 heterocycles. The van der Waals surface area contributed by atoms with Crippen LogP contribution < -0.4 is 4.74 Å². The number of methoxy groups -OCH3 is 1. The van der Waals surface area contributed by atoms with Gasteiger partial charge in [-0.2, -0.15) is 5.10 Å². The summed E-state index contributed by atoms with van der Waals surface area (Å²) in [5, 5.41) is 4.56. The van der Waals surface area contributed by atoms with Crippen molar-refractivity contribution in [3.05, 3.63) is 42.2 Å². The second-order valence-electron chi connectivity index (χ2n) is 8.03. The Morgan fingerprint density at radius 1 is 1.19 bits per heavy atom. The van der Waals surface area contributed by atoms with E-state index in [-0.39, 0.29) is 0 Å². The molecule has 2 atom stereocenters. The lowest BCUT2D eigenvalue weighted by Crippen LogP contribution is -2.62. The first-order valence-electron chi connectivity index (χ1n) is 10.0. The second-order valence-corrected chi connectivity index (χ2v) is 8.03. The van der Waals surface area contributed by atoms with E-state index < -0.39 is 0 Å². The average molecular weight is 368 g/mol. The third-order valence-corrected chi connectivity index (χ3v) is 6.18. The first kappa shape index (κ1) is 17.2. The first-order valence-corrected chi connectivity index (χ1v) is 10.0. The third-order valence-electron chi connectivity index (χ3n) is 6.18. The van der Waals surface area contributed by atoms with Crippen molar-refractivity contribution >= 4 is 0 Å². The number of benzene rings is 1. The Morgan fingerprint density at radius 3 is 2.93 bits per heavy atom. The average Bonchev–Trinajstić information content (AvgIpc) is 3.46. The van der Waals surface area contributed by atoms with Gasteiger partial charge in [0.15, 0.2) is 0 Å².